The van der Waals surface area contributed by atoms with Crippen LogP contribution in [0.15, 0.2) is 34.3 Å². The molecule has 3 nitrogen and oxygen atoms in total. The third kappa shape index (κ3) is 3.70. The van der Waals surface area contributed by atoms with Crippen molar-refractivity contribution in [3.8, 4) is 0 Å². The molecule has 0 bridgehead atoms. The summed E-state index contributed by atoms with van der Waals surface area (Å²) in [6.45, 7) is 2.68. The van der Waals surface area contributed by atoms with Gasteiger partial charge in [0.25, 0.3) is 0 Å². The number of thiophene rings is 1. The highest BCUT2D eigenvalue weighted by Gasteiger charge is 2.06. The number of hydrogen-bond acceptors (Lipinski definition) is 4. The van der Waals surface area contributed by atoms with Crippen LogP contribution in [0.3, 0.4) is 0 Å². The molecule has 0 aromatic carbocycles. The molecule has 1 N–H and O–H groups in total. The van der Waals surface area contributed by atoms with Crippen LogP contribution in [0.5, 0.6) is 0 Å². The van der Waals surface area contributed by atoms with E-state index in [4.69, 9.17) is 4.42 Å². The minimum absolute atomic E-state index is 0.849. The molecule has 0 aliphatic rings. The molecular weight excluding hydrogens is 232 g/mol. The van der Waals surface area contributed by atoms with Crippen molar-refractivity contribution < 1.29 is 4.42 Å². The number of rotatable bonds is 6. The van der Waals surface area contributed by atoms with Gasteiger partial charge in [-0.1, -0.05) is 6.07 Å². The number of hydrogen-bond donors (Lipinski definition) is 1. The molecule has 0 fully saturated rings. The molecule has 4 heteroatoms. The second-order valence-corrected chi connectivity index (χ2v) is 5.24. The molecule has 0 radical (unpaired) electrons. The lowest BCUT2D eigenvalue weighted by molar-refractivity contribution is 0.290. The van der Waals surface area contributed by atoms with Gasteiger partial charge in [0.2, 0.25) is 0 Å². The molecular formula is C13H18N2OS. The first kappa shape index (κ1) is 12.4. The first-order valence-corrected chi connectivity index (χ1v) is 6.57. The van der Waals surface area contributed by atoms with E-state index in [1.54, 1.807) is 11.3 Å². The highest BCUT2D eigenvalue weighted by molar-refractivity contribution is 7.09. The smallest absolute Gasteiger partial charge is 0.118 e. The van der Waals surface area contributed by atoms with Crippen molar-refractivity contribution in [1.29, 1.82) is 0 Å². The summed E-state index contributed by atoms with van der Waals surface area (Å²) in [6, 6.07) is 6.36. The first-order valence-electron chi connectivity index (χ1n) is 5.69. The standard InChI is InChI=1S/C13H18N2OS/c1-14-7-11-6-12(16-10-11)8-15(2)9-13-4-3-5-17-13/h3-6,10,14H,7-9H2,1-2H3. The van der Waals surface area contributed by atoms with Gasteiger partial charge in [-0.3, -0.25) is 4.90 Å². The van der Waals surface area contributed by atoms with Gasteiger partial charge in [-0.2, -0.15) is 0 Å². The predicted octanol–water partition coefficient (Wildman–Crippen LogP) is 2.69. The topological polar surface area (TPSA) is 28.4 Å². The second kappa shape index (κ2) is 6.00. The van der Waals surface area contributed by atoms with E-state index >= 15 is 0 Å². The van der Waals surface area contributed by atoms with Crippen LogP contribution in [0.2, 0.25) is 0 Å². The van der Waals surface area contributed by atoms with Crippen LogP contribution in [-0.2, 0) is 19.6 Å². The van der Waals surface area contributed by atoms with E-state index in [1.165, 1.54) is 10.4 Å². The van der Waals surface area contributed by atoms with Gasteiger partial charge in [0.15, 0.2) is 0 Å². The minimum Gasteiger partial charge on any atom is -0.468 e. The van der Waals surface area contributed by atoms with Crippen LogP contribution in [0.25, 0.3) is 0 Å². The van der Waals surface area contributed by atoms with Gasteiger partial charge < -0.3 is 9.73 Å². The summed E-state index contributed by atoms with van der Waals surface area (Å²) in [5, 5.41) is 5.23. The Bertz CT molecular complexity index is 436. The molecule has 0 amide bonds. The third-order valence-electron chi connectivity index (χ3n) is 2.52. The van der Waals surface area contributed by atoms with Crippen molar-refractivity contribution in [2.45, 2.75) is 19.6 Å². The lowest BCUT2D eigenvalue weighted by Gasteiger charge is -2.13. The van der Waals surface area contributed by atoms with Gasteiger partial charge in [0.1, 0.15) is 5.76 Å². The van der Waals surface area contributed by atoms with E-state index in [9.17, 15) is 0 Å². The quantitative estimate of drug-likeness (QED) is 0.854. The van der Waals surface area contributed by atoms with Gasteiger partial charge in [-0.05, 0) is 31.6 Å². The van der Waals surface area contributed by atoms with Crippen molar-refractivity contribution in [2.75, 3.05) is 14.1 Å². The molecule has 17 heavy (non-hydrogen) atoms. The second-order valence-electron chi connectivity index (χ2n) is 4.20. The van der Waals surface area contributed by atoms with E-state index in [1.807, 2.05) is 13.3 Å². The summed E-state index contributed by atoms with van der Waals surface area (Å²) < 4.78 is 5.53. The fraction of sp³-hybridized carbons (Fsp3) is 0.385. The molecule has 0 spiro atoms. The van der Waals surface area contributed by atoms with Crippen molar-refractivity contribution in [1.82, 2.24) is 10.2 Å². The monoisotopic (exact) mass is 250 g/mol. The third-order valence-corrected chi connectivity index (χ3v) is 3.38. The summed E-state index contributed by atoms with van der Waals surface area (Å²) in [4.78, 5) is 3.64. The maximum atomic E-state index is 5.53. The fourth-order valence-electron chi connectivity index (χ4n) is 1.80. The summed E-state index contributed by atoms with van der Waals surface area (Å²) in [5.74, 6) is 1.02. The van der Waals surface area contributed by atoms with Gasteiger partial charge in [-0.25, -0.2) is 0 Å². The summed E-state index contributed by atoms with van der Waals surface area (Å²) in [6.07, 6.45) is 1.82. The van der Waals surface area contributed by atoms with Crippen LogP contribution in [0.1, 0.15) is 16.2 Å². The molecule has 2 aromatic rings. The van der Waals surface area contributed by atoms with Crippen LogP contribution in [0.4, 0.5) is 0 Å². The zero-order valence-electron chi connectivity index (χ0n) is 10.3. The molecule has 2 aromatic heterocycles. The molecule has 0 aliphatic carbocycles. The van der Waals surface area contributed by atoms with E-state index in [-0.39, 0.29) is 0 Å². The molecule has 0 saturated carbocycles. The van der Waals surface area contributed by atoms with Crippen LogP contribution < -0.4 is 5.32 Å². The lowest BCUT2D eigenvalue weighted by atomic mass is 10.3. The van der Waals surface area contributed by atoms with Crippen LogP contribution in [-0.4, -0.2) is 19.0 Å². The SMILES string of the molecule is CNCc1coc(CN(C)Cc2cccs2)c1. The average molecular weight is 250 g/mol. The molecule has 0 unspecified atom stereocenters. The van der Waals surface area contributed by atoms with Gasteiger partial charge in [-0.15, -0.1) is 11.3 Å². The van der Waals surface area contributed by atoms with Crippen LogP contribution >= 0.6 is 11.3 Å². The van der Waals surface area contributed by atoms with Gasteiger partial charge in [0, 0.05) is 23.5 Å². The Morgan fingerprint density at radius 2 is 2.29 bits per heavy atom. The van der Waals surface area contributed by atoms with E-state index in [0.717, 1.165) is 25.4 Å². The zero-order valence-corrected chi connectivity index (χ0v) is 11.1. The van der Waals surface area contributed by atoms with E-state index < -0.39 is 0 Å². The van der Waals surface area contributed by atoms with Crippen LogP contribution in [0, 0.1) is 0 Å². The highest BCUT2D eigenvalue weighted by atomic mass is 32.1. The molecule has 0 atom stereocenters. The van der Waals surface area contributed by atoms with E-state index in [0.29, 0.717) is 0 Å². The largest absolute Gasteiger partial charge is 0.468 e. The van der Waals surface area contributed by atoms with E-state index in [2.05, 4.69) is 40.8 Å². The Labute approximate surface area is 106 Å². The van der Waals surface area contributed by atoms with Crippen molar-refractivity contribution in [3.05, 3.63) is 46.0 Å². The first-order chi connectivity index (χ1) is 8.28. The van der Waals surface area contributed by atoms with Gasteiger partial charge >= 0.3 is 0 Å². The molecule has 0 aliphatic heterocycles. The van der Waals surface area contributed by atoms with Crippen molar-refractivity contribution in [2.24, 2.45) is 0 Å². The number of furan rings is 1. The minimum atomic E-state index is 0.849. The zero-order chi connectivity index (χ0) is 12.1. The summed E-state index contributed by atoms with van der Waals surface area (Å²) in [5.41, 5.74) is 1.20. The molecule has 2 rings (SSSR count). The Morgan fingerprint density at radius 3 is 3.00 bits per heavy atom. The van der Waals surface area contributed by atoms with Crippen molar-refractivity contribution in [3.63, 3.8) is 0 Å². The number of nitrogens with zero attached hydrogens (tertiary/aromatic N) is 1. The molecule has 2 heterocycles. The Kier molecular flexibility index (Phi) is 4.36. The average Bonchev–Trinajstić information content (AvgIpc) is 2.91. The van der Waals surface area contributed by atoms with Crippen molar-refractivity contribution >= 4 is 11.3 Å². The Morgan fingerprint density at radius 1 is 1.41 bits per heavy atom. The predicted molar refractivity (Wildman–Crippen MR) is 71.0 cm³/mol. The summed E-state index contributed by atoms with van der Waals surface area (Å²) in [7, 11) is 4.05. The molecule has 0 saturated heterocycles. The highest BCUT2D eigenvalue weighted by Crippen LogP contribution is 2.14. The normalized spacial score (nSPS) is 11.2. The maximum Gasteiger partial charge on any atom is 0.118 e. The van der Waals surface area contributed by atoms with Gasteiger partial charge in [0.05, 0.1) is 12.8 Å². The lowest BCUT2D eigenvalue weighted by Crippen LogP contribution is -2.16. The Hall–Kier alpha value is -1.10. The fourth-order valence-corrected chi connectivity index (χ4v) is 2.58. The maximum absolute atomic E-state index is 5.53. The number of nitrogens with one attached hydrogen (secondary N) is 1. The Balaban J connectivity index is 1.86. The molecule has 92 valence electrons. The summed E-state index contributed by atoms with van der Waals surface area (Å²) >= 11 is 1.79.